The van der Waals surface area contributed by atoms with Gasteiger partial charge < -0.3 is 15.2 Å². The van der Waals surface area contributed by atoms with Gasteiger partial charge in [0.05, 0.1) is 4.90 Å². The van der Waals surface area contributed by atoms with Crippen LogP contribution in [0.4, 0.5) is 0 Å². The molecule has 216 valence electrons. The molecule has 0 unspecified atom stereocenters. The van der Waals surface area contributed by atoms with Gasteiger partial charge in [-0.3, -0.25) is 0 Å². The van der Waals surface area contributed by atoms with E-state index in [1.165, 1.54) is 11.0 Å². The quantitative estimate of drug-likeness (QED) is 0.183. The number of H-pyrrole nitrogens is 2. The summed E-state index contributed by atoms with van der Waals surface area (Å²) in [5.74, 6) is 1.61. The lowest BCUT2D eigenvalue weighted by Crippen LogP contribution is -2.19. The summed E-state index contributed by atoms with van der Waals surface area (Å²) in [7, 11) is -4.31. The average Bonchev–Trinajstić information content (AvgIpc) is 3.80. The third-order valence-corrected chi connectivity index (χ3v) is 9.11. The SMILES string of the molecule is O=S(=O)(NO)c1cccc2c3nc4nc(nc5[nH]c(nc6nc(nc([nH]3)c12)-c1ccccc1-6)c1ccccc51)-c1ccccc1-4. The number of nitrogens with one attached hydrogen (secondary N) is 3. The van der Waals surface area contributed by atoms with E-state index in [1.807, 2.05) is 72.8 Å². The van der Waals surface area contributed by atoms with Gasteiger partial charge in [-0.2, -0.15) is 0 Å². The molecule has 0 amide bonds. The zero-order valence-corrected chi connectivity index (χ0v) is 23.8. The van der Waals surface area contributed by atoms with E-state index in [-0.39, 0.29) is 15.9 Å². The van der Waals surface area contributed by atoms with Crippen molar-refractivity contribution in [1.29, 1.82) is 0 Å². The van der Waals surface area contributed by atoms with Crippen LogP contribution in [0.25, 0.3) is 89.7 Å². The van der Waals surface area contributed by atoms with Crippen LogP contribution >= 0.6 is 0 Å². The Labute approximate surface area is 253 Å². The van der Waals surface area contributed by atoms with Crippen molar-refractivity contribution in [1.82, 2.24) is 44.8 Å². The summed E-state index contributed by atoms with van der Waals surface area (Å²) < 4.78 is 25.9. The number of nitrogens with zero attached hydrogens (tertiary/aromatic N) is 6. The van der Waals surface area contributed by atoms with Gasteiger partial charge in [0, 0.05) is 43.8 Å². The van der Waals surface area contributed by atoms with Gasteiger partial charge >= 0.3 is 0 Å². The van der Waals surface area contributed by atoms with Crippen LogP contribution in [0.1, 0.15) is 0 Å². The minimum absolute atomic E-state index is 0.182. The third-order valence-electron chi connectivity index (χ3n) is 7.95. The zero-order chi connectivity index (χ0) is 30.3. The van der Waals surface area contributed by atoms with Gasteiger partial charge in [-0.1, -0.05) is 89.8 Å². The molecule has 0 saturated heterocycles. The van der Waals surface area contributed by atoms with Gasteiger partial charge in [0.15, 0.2) is 23.3 Å². The van der Waals surface area contributed by atoms with E-state index in [1.54, 1.807) is 12.1 Å². The van der Waals surface area contributed by atoms with E-state index >= 15 is 0 Å². The number of aromatic nitrogens is 8. The molecule has 7 aromatic rings. The Hall–Kier alpha value is -5.89. The Bertz CT molecular complexity index is 2680. The first-order chi connectivity index (χ1) is 22.0. The molecule has 0 radical (unpaired) electrons. The maximum Gasteiger partial charge on any atom is 0.263 e. The summed E-state index contributed by atoms with van der Waals surface area (Å²) in [6.07, 6.45) is 0. The van der Waals surface area contributed by atoms with Gasteiger partial charge in [0.2, 0.25) is 0 Å². The number of aromatic amines is 2. The number of hydrogen-bond donors (Lipinski definition) is 4. The molecular formula is C32H19N9O3S. The molecule has 45 heavy (non-hydrogen) atoms. The standard InChI is InChI=1S/C32H19N9O3S/c42-41-45(43,44)23-15-7-14-22-24(23)32-39-30-21-13-6-5-12-20(21)28(37-30)35-26-17-9-2-1-8-16(17)25(33-26)34-27-18-10-3-4-11-19(18)29(36-27)38-31(22)40-32/h1-15,41-42H,(H2,33,34,35,36,37,38,39,40). The normalized spacial score (nSPS) is 12.4. The number of sulfonamides is 1. The predicted molar refractivity (Wildman–Crippen MR) is 168 cm³/mol. The first-order valence-electron chi connectivity index (χ1n) is 13.9. The highest BCUT2D eigenvalue weighted by molar-refractivity contribution is 7.89. The van der Waals surface area contributed by atoms with Crippen molar-refractivity contribution in [2.75, 3.05) is 0 Å². The van der Waals surface area contributed by atoms with Crippen molar-refractivity contribution in [3.63, 3.8) is 0 Å². The smallest absolute Gasteiger partial charge is 0.263 e. The first kappa shape index (κ1) is 25.6. The molecule has 0 aliphatic carbocycles. The van der Waals surface area contributed by atoms with E-state index in [0.29, 0.717) is 45.6 Å². The van der Waals surface area contributed by atoms with E-state index in [4.69, 9.17) is 29.9 Å². The zero-order valence-electron chi connectivity index (χ0n) is 23.0. The number of fused-ring (bicyclic) bond motifs is 20. The molecule has 5 heterocycles. The molecule has 0 fully saturated rings. The molecule has 0 spiro atoms. The van der Waals surface area contributed by atoms with E-state index in [0.717, 1.165) is 33.0 Å². The van der Waals surface area contributed by atoms with Crippen LogP contribution in [-0.4, -0.2) is 53.5 Å². The Morgan fingerprint density at radius 2 is 0.889 bits per heavy atom. The molecule has 0 saturated carbocycles. The Balaban J connectivity index is 1.52. The lowest BCUT2D eigenvalue weighted by atomic mass is 10.1. The summed E-state index contributed by atoms with van der Waals surface area (Å²) in [5, 5.41) is 12.0. The van der Waals surface area contributed by atoms with Gasteiger partial charge in [-0.05, 0) is 6.07 Å². The van der Waals surface area contributed by atoms with Crippen LogP contribution in [-0.2, 0) is 10.0 Å². The average molecular weight is 610 g/mol. The molecule has 4 N–H and O–H groups in total. The summed E-state index contributed by atoms with van der Waals surface area (Å²) in [6.45, 7) is 0. The Morgan fingerprint density at radius 1 is 0.489 bits per heavy atom. The molecule has 2 aliphatic rings. The third kappa shape index (κ3) is 3.82. The highest BCUT2D eigenvalue weighted by Gasteiger charge is 2.24. The Morgan fingerprint density at radius 3 is 1.38 bits per heavy atom. The molecule has 3 aromatic heterocycles. The van der Waals surface area contributed by atoms with E-state index in [2.05, 4.69) is 9.97 Å². The molecule has 8 bridgehead atoms. The second kappa shape index (κ2) is 9.30. The fraction of sp³-hybridized carbons (Fsp3) is 0. The van der Waals surface area contributed by atoms with Gasteiger partial charge in [-0.25, -0.2) is 38.3 Å². The maximum atomic E-state index is 13.0. The molecule has 4 aromatic carbocycles. The molecule has 2 aliphatic heterocycles. The number of rotatable bonds is 2. The van der Waals surface area contributed by atoms with Gasteiger partial charge in [-0.15, -0.1) is 0 Å². The topological polar surface area (TPSA) is 175 Å². The van der Waals surface area contributed by atoms with Crippen molar-refractivity contribution < 1.29 is 13.6 Å². The largest absolute Gasteiger partial charge is 0.324 e. The molecule has 9 rings (SSSR count). The van der Waals surface area contributed by atoms with E-state index < -0.39 is 10.0 Å². The number of hydrogen-bond acceptors (Lipinski definition) is 9. The van der Waals surface area contributed by atoms with Gasteiger partial charge in [0.25, 0.3) is 10.0 Å². The van der Waals surface area contributed by atoms with Crippen LogP contribution in [0.2, 0.25) is 0 Å². The highest BCUT2D eigenvalue weighted by Crippen LogP contribution is 2.37. The van der Waals surface area contributed by atoms with E-state index in [9.17, 15) is 13.6 Å². The van der Waals surface area contributed by atoms with Crippen LogP contribution in [0.5, 0.6) is 0 Å². The van der Waals surface area contributed by atoms with Crippen molar-refractivity contribution in [3.05, 3.63) is 91.0 Å². The van der Waals surface area contributed by atoms with Crippen molar-refractivity contribution in [2.24, 2.45) is 0 Å². The monoisotopic (exact) mass is 609 g/mol. The second-order valence-electron chi connectivity index (χ2n) is 10.5. The molecule has 13 heteroatoms. The lowest BCUT2D eigenvalue weighted by Gasteiger charge is -2.03. The van der Waals surface area contributed by atoms with Crippen molar-refractivity contribution in [2.45, 2.75) is 4.90 Å². The summed E-state index contributed by atoms with van der Waals surface area (Å²) in [5.41, 5.74) is 4.71. The van der Waals surface area contributed by atoms with Crippen molar-refractivity contribution >= 4 is 54.2 Å². The fourth-order valence-electron chi connectivity index (χ4n) is 5.93. The van der Waals surface area contributed by atoms with Crippen LogP contribution in [0.3, 0.4) is 0 Å². The minimum Gasteiger partial charge on any atom is -0.324 e. The van der Waals surface area contributed by atoms with Crippen LogP contribution in [0, 0.1) is 0 Å². The van der Waals surface area contributed by atoms with Gasteiger partial charge in [0.1, 0.15) is 22.6 Å². The predicted octanol–water partition coefficient (Wildman–Crippen LogP) is 5.54. The summed E-state index contributed by atoms with van der Waals surface area (Å²) >= 11 is 0. The molecular weight excluding hydrogens is 590 g/mol. The minimum atomic E-state index is -4.31. The second-order valence-corrected chi connectivity index (χ2v) is 12.1. The molecule has 12 nitrogen and oxygen atoms in total. The molecule has 0 atom stereocenters. The summed E-state index contributed by atoms with van der Waals surface area (Å²) in [6, 6.07) is 27.7. The first-order valence-corrected chi connectivity index (χ1v) is 15.4. The summed E-state index contributed by atoms with van der Waals surface area (Å²) in [4.78, 5) is 37.1. The fourth-order valence-corrected chi connectivity index (χ4v) is 6.76. The van der Waals surface area contributed by atoms with Crippen molar-refractivity contribution in [3.8, 4) is 45.6 Å². The Kier molecular flexibility index (Phi) is 5.29. The van der Waals surface area contributed by atoms with Crippen LogP contribution < -0.4 is 4.89 Å². The lowest BCUT2D eigenvalue weighted by molar-refractivity contribution is 0.243. The maximum absolute atomic E-state index is 13.0. The van der Waals surface area contributed by atoms with Crippen LogP contribution in [0.15, 0.2) is 95.9 Å². The highest BCUT2D eigenvalue weighted by atomic mass is 32.2. The number of benzene rings is 4.